The Morgan fingerprint density at radius 1 is 0.896 bits per heavy atom. The van der Waals surface area contributed by atoms with Crippen LogP contribution in [-0.4, -0.2) is 64.0 Å². The Bertz CT molecular complexity index is 1730. The highest BCUT2D eigenvalue weighted by Crippen LogP contribution is 2.30. The molecule has 48 heavy (non-hydrogen) atoms. The van der Waals surface area contributed by atoms with E-state index in [1.807, 2.05) is 91.9 Å². The van der Waals surface area contributed by atoms with E-state index in [-0.39, 0.29) is 35.0 Å². The van der Waals surface area contributed by atoms with Crippen molar-refractivity contribution in [2.24, 2.45) is 0 Å². The predicted molar refractivity (Wildman–Crippen MR) is 187 cm³/mol. The fourth-order valence-corrected chi connectivity index (χ4v) is 7.86. The number of morpholine rings is 1. The molecule has 8 nitrogen and oxygen atoms in total. The van der Waals surface area contributed by atoms with Gasteiger partial charge in [-0.05, 0) is 66.3 Å². The summed E-state index contributed by atoms with van der Waals surface area (Å²) in [7, 11) is -2.30. The summed E-state index contributed by atoms with van der Waals surface area (Å²) < 4.78 is 37.6. The van der Waals surface area contributed by atoms with Crippen molar-refractivity contribution < 1.29 is 27.5 Å². The lowest BCUT2D eigenvalue weighted by Gasteiger charge is -2.36. The fourth-order valence-electron chi connectivity index (χ4n) is 6.19. The second kappa shape index (κ2) is 16.4. The largest absolute Gasteiger partial charge is 0.453 e. The van der Waals surface area contributed by atoms with Crippen molar-refractivity contribution in [3.8, 4) is 0 Å². The van der Waals surface area contributed by atoms with Gasteiger partial charge in [-0.2, -0.15) is 0 Å². The molecule has 1 saturated heterocycles. The highest BCUT2D eigenvalue weighted by molar-refractivity contribution is 7.91. The van der Waals surface area contributed by atoms with Gasteiger partial charge in [-0.3, -0.25) is 4.79 Å². The minimum absolute atomic E-state index is 0.101. The lowest BCUT2D eigenvalue weighted by atomic mass is 9.81. The molecular formula is C38H41ClN2O6S. The zero-order valence-electron chi connectivity index (χ0n) is 27.1. The summed E-state index contributed by atoms with van der Waals surface area (Å²) >= 11 is 5.96. The predicted octanol–water partition coefficient (Wildman–Crippen LogP) is 6.16. The SMILES string of the molecule is COC(=O)N[C@H](C(=O)Cc1ccccc1CC[C@@H]1CN[C@H](C)[C@@H](CS(=O)(=O)c2ccc(Cl)cc2)O1)C(c1ccccc1)c1ccccc1. The van der Waals surface area contributed by atoms with Crippen LogP contribution in [0.4, 0.5) is 4.79 Å². The maximum Gasteiger partial charge on any atom is 0.407 e. The van der Waals surface area contributed by atoms with Crippen molar-refractivity contribution in [2.45, 2.75) is 61.3 Å². The maximum absolute atomic E-state index is 14.2. The highest BCUT2D eigenvalue weighted by Gasteiger charge is 2.34. The molecule has 4 aromatic carbocycles. The van der Waals surface area contributed by atoms with Crippen molar-refractivity contribution in [2.75, 3.05) is 19.4 Å². The number of amides is 1. The average Bonchev–Trinajstić information content (AvgIpc) is 3.09. The van der Waals surface area contributed by atoms with Crippen LogP contribution in [0.25, 0.3) is 0 Å². The number of methoxy groups -OCH3 is 1. The summed E-state index contributed by atoms with van der Waals surface area (Å²) in [5, 5.41) is 6.72. The van der Waals surface area contributed by atoms with Crippen LogP contribution in [0.5, 0.6) is 0 Å². The van der Waals surface area contributed by atoms with Crippen LogP contribution in [0.3, 0.4) is 0 Å². The Labute approximate surface area is 287 Å². The van der Waals surface area contributed by atoms with Crippen LogP contribution < -0.4 is 10.6 Å². The first-order valence-corrected chi connectivity index (χ1v) is 18.1. The molecular weight excluding hydrogens is 648 g/mol. The molecule has 1 aliphatic heterocycles. The molecule has 0 aliphatic carbocycles. The highest BCUT2D eigenvalue weighted by atomic mass is 35.5. The molecule has 2 N–H and O–H groups in total. The normalized spacial score (nSPS) is 18.6. The Hall–Kier alpha value is -4.02. The molecule has 0 unspecified atom stereocenters. The van der Waals surface area contributed by atoms with Crippen molar-refractivity contribution >= 4 is 33.3 Å². The van der Waals surface area contributed by atoms with E-state index in [1.165, 1.54) is 19.2 Å². The monoisotopic (exact) mass is 688 g/mol. The Morgan fingerprint density at radius 3 is 2.08 bits per heavy atom. The van der Waals surface area contributed by atoms with Gasteiger partial charge >= 0.3 is 6.09 Å². The van der Waals surface area contributed by atoms with Gasteiger partial charge in [0.2, 0.25) is 0 Å². The van der Waals surface area contributed by atoms with Gasteiger partial charge in [-0.15, -0.1) is 0 Å². The first-order valence-electron chi connectivity index (χ1n) is 16.1. The van der Waals surface area contributed by atoms with Crippen molar-refractivity contribution in [3.05, 3.63) is 136 Å². The van der Waals surface area contributed by atoms with Gasteiger partial charge in [0.1, 0.15) is 6.04 Å². The van der Waals surface area contributed by atoms with Gasteiger partial charge in [0.15, 0.2) is 15.6 Å². The third kappa shape index (κ3) is 9.11. The van der Waals surface area contributed by atoms with Crippen molar-refractivity contribution in [1.29, 1.82) is 0 Å². The summed E-state index contributed by atoms with van der Waals surface area (Å²) in [6.45, 7) is 2.51. The summed E-state index contributed by atoms with van der Waals surface area (Å²) in [6.07, 6.45) is -0.0741. The Kier molecular flexibility index (Phi) is 12.1. The molecule has 0 bridgehead atoms. The molecule has 0 aromatic heterocycles. The van der Waals surface area contributed by atoms with Crippen LogP contribution in [0.1, 0.15) is 41.5 Å². The van der Waals surface area contributed by atoms with Crippen molar-refractivity contribution in [3.63, 3.8) is 0 Å². The van der Waals surface area contributed by atoms with E-state index in [0.717, 1.165) is 22.3 Å². The van der Waals surface area contributed by atoms with Gasteiger partial charge in [0, 0.05) is 29.9 Å². The number of nitrogens with one attached hydrogen (secondary N) is 2. The molecule has 1 fully saturated rings. The Morgan fingerprint density at radius 2 is 1.48 bits per heavy atom. The number of ketones is 1. The van der Waals surface area contributed by atoms with Gasteiger partial charge in [-0.1, -0.05) is 96.5 Å². The molecule has 4 atom stereocenters. The third-order valence-electron chi connectivity index (χ3n) is 8.82. The van der Waals surface area contributed by atoms with Gasteiger partial charge in [0.25, 0.3) is 0 Å². The number of aryl methyl sites for hydroxylation is 1. The molecule has 0 saturated carbocycles. The van der Waals surface area contributed by atoms with E-state index in [0.29, 0.717) is 24.4 Å². The number of rotatable bonds is 13. The maximum atomic E-state index is 14.2. The van der Waals surface area contributed by atoms with Crippen LogP contribution >= 0.6 is 11.6 Å². The van der Waals surface area contributed by atoms with Crippen LogP contribution in [0.15, 0.2) is 114 Å². The summed E-state index contributed by atoms with van der Waals surface area (Å²) in [5.41, 5.74) is 3.65. The smallest absolute Gasteiger partial charge is 0.407 e. The van der Waals surface area contributed by atoms with Gasteiger partial charge in [-0.25, -0.2) is 13.2 Å². The number of hydrogen-bond donors (Lipinski definition) is 2. The summed E-state index contributed by atoms with van der Waals surface area (Å²) in [4.78, 5) is 27.0. The van der Waals surface area contributed by atoms with E-state index in [1.54, 1.807) is 12.1 Å². The van der Waals surface area contributed by atoms with Crippen LogP contribution in [0.2, 0.25) is 5.02 Å². The van der Waals surface area contributed by atoms with Crippen LogP contribution in [-0.2, 0) is 36.9 Å². The number of Topliss-reactive ketones (excluding diaryl/α,β-unsaturated/α-hetero) is 1. The topological polar surface area (TPSA) is 111 Å². The molecule has 1 heterocycles. The van der Waals surface area contributed by atoms with E-state index < -0.39 is 34.0 Å². The van der Waals surface area contributed by atoms with Crippen molar-refractivity contribution in [1.82, 2.24) is 10.6 Å². The molecule has 1 aliphatic rings. The second-order valence-electron chi connectivity index (χ2n) is 12.1. The lowest BCUT2D eigenvalue weighted by Crippen LogP contribution is -2.53. The average molecular weight is 689 g/mol. The number of halogens is 1. The van der Waals surface area contributed by atoms with E-state index >= 15 is 0 Å². The number of carbonyl (C=O) groups excluding carboxylic acids is 2. The molecule has 4 aromatic rings. The van der Waals surface area contributed by atoms with Crippen LogP contribution in [0, 0.1) is 0 Å². The standard InChI is InChI=1S/C38H41ClN2O6S/c1-26-35(25-48(44,45)33-21-18-31(39)19-22-33)47-32(24-40-26)20-17-27-11-9-10-16-30(27)23-34(42)37(41-38(43)46-2)36(28-12-5-3-6-13-28)29-14-7-4-8-15-29/h3-16,18-19,21-22,26,32,35-37,40H,17,20,23-25H2,1-2H3,(H,41,43)/t26-,32-,35-,37-/m1/s1. The first-order chi connectivity index (χ1) is 23.1. The molecule has 1 amide bonds. The Balaban J connectivity index is 1.31. The zero-order valence-corrected chi connectivity index (χ0v) is 28.6. The van der Waals surface area contributed by atoms with Gasteiger partial charge in [0.05, 0.1) is 30.0 Å². The number of ether oxygens (including phenoxy) is 2. The number of carbonyl (C=O) groups is 2. The van der Waals surface area contributed by atoms with E-state index in [4.69, 9.17) is 21.1 Å². The fraction of sp³-hybridized carbons (Fsp3) is 0.316. The minimum Gasteiger partial charge on any atom is -0.453 e. The molecule has 252 valence electrons. The summed E-state index contributed by atoms with van der Waals surface area (Å²) in [6, 6.07) is 32.2. The number of alkyl carbamates (subject to hydrolysis) is 1. The van der Waals surface area contributed by atoms with Gasteiger partial charge < -0.3 is 20.1 Å². The third-order valence-corrected chi connectivity index (χ3v) is 10.8. The zero-order chi connectivity index (χ0) is 34.1. The molecule has 5 rings (SSSR count). The lowest BCUT2D eigenvalue weighted by molar-refractivity contribution is -0.120. The second-order valence-corrected chi connectivity index (χ2v) is 14.6. The van der Waals surface area contributed by atoms with E-state index in [9.17, 15) is 18.0 Å². The first kappa shape index (κ1) is 35.3. The number of sulfone groups is 1. The quantitative estimate of drug-likeness (QED) is 0.173. The summed E-state index contributed by atoms with van der Waals surface area (Å²) in [5.74, 6) is -0.735. The molecule has 10 heteroatoms. The molecule has 0 radical (unpaired) electrons. The minimum atomic E-state index is -3.59. The number of hydrogen-bond acceptors (Lipinski definition) is 7. The molecule has 0 spiro atoms. The number of benzene rings is 4. The van der Waals surface area contributed by atoms with E-state index in [2.05, 4.69) is 10.6 Å².